The largest absolute Gasteiger partial charge is 1.00 e. The monoisotopic (exact) mass is 668 g/mol. The molecule has 0 amide bonds. The van der Waals surface area contributed by atoms with Crippen molar-refractivity contribution in [3.05, 3.63) is 24.3 Å². The van der Waals surface area contributed by atoms with Crippen LogP contribution in [-0.4, -0.2) is 57.1 Å². The summed E-state index contributed by atoms with van der Waals surface area (Å²) < 4.78 is 13.8. The van der Waals surface area contributed by atoms with E-state index in [-0.39, 0.29) is 24.6 Å². The molecule has 1 rings (SSSR count). The highest BCUT2D eigenvalue weighted by Crippen LogP contribution is 2.22. The molecule has 0 saturated carbocycles. The Morgan fingerprint density at radius 2 is 0.674 bits per heavy atom. The quantitative estimate of drug-likeness (QED) is 0.0386. The molecular formula is C42H82ClNO2. The first kappa shape index (κ1) is 45.6. The molecule has 0 radical (unpaired) electrons. The molecule has 0 spiro atoms. The summed E-state index contributed by atoms with van der Waals surface area (Å²) in [6.45, 7) is 8.56. The van der Waals surface area contributed by atoms with E-state index in [0.29, 0.717) is 0 Å². The van der Waals surface area contributed by atoms with E-state index < -0.39 is 0 Å². The van der Waals surface area contributed by atoms with E-state index >= 15 is 0 Å². The molecular weight excluding hydrogens is 586 g/mol. The van der Waals surface area contributed by atoms with Gasteiger partial charge in [0.05, 0.1) is 14.1 Å². The Morgan fingerprint density at radius 3 is 0.978 bits per heavy atom. The van der Waals surface area contributed by atoms with Gasteiger partial charge in [0.15, 0.2) is 0 Å². The van der Waals surface area contributed by atoms with E-state index in [2.05, 4.69) is 52.2 Å². The van der Waals surface area contributed by atoms with E-state index in [0.717, 1.165) is 30.8 Å². The molecule has 1 fully saturated rings. The third-order valence-electron chi connectivity index (χ3n) is 9.74. The summed E-state index contributed by atoms with van der Waals surface area (Å²) in [4.78, 5) is 0. The van der Waals surface area contributed by atoms with Gasteiger partial charge in [-0.25, -0.2) is 0 Å². The van der Waals surface area contributed by atoms with Crippen LogP contribution in [-0.2, 0) is 9.47 Å². The van der Waals surface area contributed by atoms with Gasteiger partial charge in [-0.3, -0.25) is 0 Å². The predicted molar refractivity (Wildman–Crippen MR) is 200 cm³/mol. The molecule has 46 heavy (non-hydrogen) atoms. The fraction of sp³-hybridized carbons (Fsp3) is 0.905. The molecule has 1 aliphatic heterocycles. The number of quaternary nitrogens is 1. The van der Waals surface area contributed by atoms with Gasteiger partial charge in [-0.2, -0.15) is 0 Å². The Hall–Kier alpha value is -0.350. The summed E-state index contributed by atoms with van der Waals surface area (Å²) in [6, 6.07) is 0. The van der Waals surface area contributed by atoms with E-state index in [1.54, 1.807) is 0 Å². The fourth-order valence-corrected chi connectivity index (χ4v) is 6.77. The number of ether oxygens (including phenoxy) is 2. The highest BCUT2D eigenvalue weighted by atomic mass is 35.5. The van der Waals surface area contributed by atoms with Crippen LogP contribution in [0.25, 0.3) is 0 Å². The second-order valence-electron chi connectivity index (χ2n) is 15.0. The van der Waals surface area contributed by atoms with E-state index in [1.807, 2.05) is 0 Å². The van der Waals surface area contributed by atoms with Gasteiger partial charge in [0.25, 0.3) is 0 Å². The van der Waals surface area contributed by atoms with Gasteiger partial charge >= 0.3 is 0 Å². The second kappa shape index (κ2) is 34.5. The lowest BCUT2D eigenvalue weighted by atomic mass is 10.1. The SMILES string of the molecule is CCCCCCCC/C=C\CCCCCCCCOC1C[N+](C)(C)CC1OCCCCCCCC/C=C\CCCCCCCC.[Cl-]. The first-order valence-corrected chi connectivity index (χ1v) is 20.4. The van der Waals surface area contributed by atoms with Crippen LogP contribution in [0.4, 0.5) is 0 Å². The van der Waals surface area contributed by atoms with Gasteiger partial charge in [0.1, 0.15) is 25.3 Å². The molecule has 3 nitrogen and oxygen atoms in total. The normalized spacial score (nSPS) is 17.8. The smallest absolute Gasteiger partial charge is 0.138 e. The standard InChI is InChI=1S/C42H82NO2.ClH/c1-5-7-9-11-13-15-17-19-21-23-25-27-29-31-33-35-37-44-41-39-43(3,4)40-42(41)45-38-36-34-32-30-28-26-24-22-20-18-16-14-12-10-8-6-2;/h19-22,41-42H,5-18,23-40H2,1-4H3;1H/q+1;/p-1/b21-19-,22-20-;. The van der Waals surface area contributed by atoms with Crippen molar-refractivity contribution < 1.29 is 26.4 Å². The fourth-order valence-electron chi connectivity index (χ4n) is 6.77. The predicted octanol–water partition coefficient (Wildman–Crippen LogP) is 9.93. The number of likely N-dealkylation sites (N-methyl/N-ethyl adjacent to an activating group) is 1. The van der Waals surface area contributed by atoms with Gasteiger partial charge < -0.3 is 26.4 Å². The lowest BCUT2D eigenvalue weighted by Crippen LogP contribution is -3.00. The van der Waals surface area contributed by atoms with Crippen molar-refractivity contribution in [2.24, 2.45) is 0 Å². The molecule has 0 bridgehead atoms. The molecule has 2 atom stereocenters. The van der Waals surface area contributed by atoms with Crippen LogP contribution in [0.1, 0.15) is 194 Å². The maximum Gasteiger partial charge on any atom is 0.138 e. The Labute approximate surface area is 296 Å². The molecule has 1 saturated heterocycles. The first-order chi connectivity index (χ1) is 22.1. The molecule has 0 aromatic heterocycles. The highest BCUT2D eigenvalue weighted by molar-refractivity contribution is 4.82. The highest BCUT2D eigenvalue weighted by Gasteiger charge is 2.41. The number of hydrogen-bond acceptors (Lipinski definition) is 2. The molecule has 0 N–H and O–H groups in total. The molecule has 1 aliphatic rings. The Balaban J connectivity index is 0.0000202. The molecule has 4 heteroatoms. The Bertz CT molecular complexity index is 610. The van der Waals surface area contributed by atoms with Crippen molar-refractivity contribution in [2.75, 3.05) is 40.4 Å². The van der Waals surface area contributed by atoms with Crippen molar-refractivity contribution >= 4 is 0 Å². The van der Waals surface area contributed by atoms with Crippen LogP contribution in [0, 0.1) is 0 Å². The number of nitrogens with zero attached hydrogens (tertiary/aromatic N) is 1. The number of halogens is 1. The van der Waals surface area contributed by atoms with Gasteiger partial charge in [-0.05, 0) is 64.2 Å². The summed E-state index contributed by atoms with van der Waals surface area (Å²) in [5.74, 6) is 0. The van der Waals surface area contributed by atoms with E-state index in [4.69, 9.17) is 9.47 Å². The summed E-state index contributed by atoms with van der Waals surface area (Å²) in [5.41, 5.74) is 0. The van der Waals surface area contributed by atoms with Gasteiger partial charge in [0, 0.05) is 13.2 Å². The molecule has 274 valence electrons. The van der Waals surface area contributed by atoms with Crippen LogP contribution >= 0.6 is 0 Å². The van der Waals surface area contributed by atoms with Crippen LogP contribution in [0.5, 0.6) is 0 Å². The number of hydrogen-bond donors (Lipinski definition) is 0. The van der Waals surface area contributed by atoms with Crippen LogP contribution in [0.2, 0.25) is 0 Å². The third-order valence-corrected chi connectivity index (χ3v) is 9.74. The zero-order chi connectivity index (χ0) is 32.5. The minimum atomic E-state index is 0. The lowest BCUT2D eigenvalue weighted by Gasteiger charge is -2.22. The maximum absolute atomic E-state index is 6.40. The minimum Gasteiger partial charge on any atom is -1.00 e. The summed E-state index contributed by atoms with van der Waals surface area (Å²) in [5, 5.41) is 0. The van der Waals surface area contributed by atoms with Crippen molar-refractivity contribution in [3.8, 4) is 0 Å². The van der Waals surface area contributed by atoms with Gasteiger partial charge in [-0.1, -0.05) is 154 Å². The van der Waals surface area contributed by atoms with E-state index in [9.17, 15) is 0 Å². The zero-order valence-electron chi connectivity index (χ0n) is 31.7. The maximum atomic E-state index is 6.40. The third kappa shape index (κ3) is 29.8. The molecule has 2 unspecified atom stereocenters. The minimum absolute atomic E-state index is 0. The van der Waals surface area contributed by atoms with Crippen molar-refractivity contribution in [1.29, 1.82) is 0 Å². The molecule has 0 aliphatic carbocycles. The van der Waals surface area contributed by atoms with Crippen LogP contribution < -0.4 is 12.4 Å². The Morgan fingerprint density at radius 1 is 0.413 bits per heavy atom. The van der Waals surface area contributed by atoms with Crippen LogP contribution in [0.3, 0.4) is 0 Å². The van der Waals surface area contributed by atoms with Gasteiger partial charge in [0.2, 0.25) is 0 Å². The number of rotatable bonds is 34. The molecule has 0 aromatic rings. The lowest BCUT2D eigenvalue weighted by molar-refractivity contribution is -0.880. The number of likely N-dealkylation sites (tertiary alicyclic amines) is 1. The second-order valence-corrected chi connectivity index (χ2v) is 15.0. The average Bonchev–Trinajstić information content (AvgIpc) is 3.32. The average molecular weight is 669 g/mol. The van der Waals surface area contributed by atoms with Crippen molar-refractivity contribution in [2.45, 2.75) is 206 Å². The number of unbranched alkanes of at least 4 members (excludes halogenated alkanes) is 24. The topological polar surface area (TPSA) is 18.5 Å². The van der Waals surface area contributed by atoms with Crippen molar-refractivity contribution in [1.82, 2.24) is 0 Å². The summed E-state index contributed by atoms with van der Waals surface area (Å²) in [6.07, 6.45) is 48.1. The van der Waals surface area contributed by atoms with Gasteiger partial charge in [-0.15, -0.1) is 0 Å². The van der Waals surface area contributed by atoms with E-state index in [1.165, 1.54) is 180 Å². The Kier molecular flexibility index (Phi) is 34.2. The van der Waals surface area contributed by atoms with Crippen LogP contribution in [0.15, 0.2) is 24.3 Å². The summed E-state index contributed by atoms with van der Waals surface area (Å²) in [7, 11) is 4.65. The zero-order valence-corrected chi connectivity index (χ0v) is 32.5. The number of allylic oxidation sites excluding steroid dienone is 4. The molecule has 1 heterocycles. The summed E-state index contributed by atoms with van der Waals surface area (Å²) >= 11 is 0. The first-order valence-electron chi connectivity index (χ1n) is 20.4. The molecule has 0 aromatic carbocycles. The van der Waals surface area contributed by atoms with Crippen molar-refractivity contribution in [3.63, 3.8) is 0 Å².